The molecule has 4 rings (SSSR count). The topological polar surface area (TPSA) is 59.7 Å². The fourth-order valence-corrected chi connectivity index (χ4v) is 3.90. The van der Waals surface area contributed by atoms with Crippen molar-refractivity contribution in [1.82, 2.24) is 19.6 Å². The van der Waals surface area contributed by atoms with Crippen LogP contribution in [0.2, 0.25) is 15.1 Å². The molecule has 0 saturated heterocycles. The van der Waals surface area contributed by atoms with Crippen molar-refractivity contribution in [1.29, 1.82) is 0 Å². The molecule has 0 unspecified atom stereocenters. The maximum atomic E-state index is 13.9. The molecule has 2 aromatic heterocycles. The largest absolute Gasteiger partial charge is 0.316 e. The summed E-state index contributed by atoms with van der Waals surface area (Å²) in [6.45, 7) is 0.649. The van der Waals surface area contributed by atoms with Crippen LogP contribution >= 0.6 is 47.0 Å². The minimum Gasteiger partial charge on any atom is -0.316 e. The van der Waals surface area contributed by atoms with Gasteiger partial charge in [-0.3, -0.25) is 9.36 Å². The predicted molar refractivity (Wildman–Crippen MR) is 130 cm³/mol. The number of halogens is 4. The van der Waals surface area contributed by atoms with Crippen LogP contribution in [0, 0.1) is 5.82 Å². The van der Waals surface area contributed by atoms with Gasteiger partial charge in [0.2, 0.25) is 0 Å². The first kappa shape index (κ1) is 22.5. The molecule has 2 aromatic carbocycles. The Kier molecular flexibility index (Phi) is 6.95. The van der Waals surface area contributed by atoms with Crippen molar-refractivity contribution in [2.45, 2.75) is 13.1 Å². The van der Waals surface area contributed by atoms with Crippen LogP contribution in [-0.4, -0.2) is 24.7 Å². The minimum atomic E-state index is -0.306. The van der Waals surface area contributed by atoms with Gasteiger partial charge in [-0.15, -0.1) is 0 Å². The second-order valence-electron chi connectivity index (χ2n) is 6.79. The van der Waals surface area contributed by atoms with E-state index in [0.29, 0.717) is 38.8 Å². The molecule has 0 aliphatic carbocycles. The summed E-state index contributed by atoms with van der Waals surface area (Å²) in [4.78, 5) is 0. The highest BCUT2D eigenvalue weighted by Gasteiger charge is 2.12. The first-order valence-corrected chi connectivity index (χ1v) is 10.9. The van der Waals surface area contributed by atoms with Crippen LogP contribution in [0.4, 0.5) is 16.0 Å². The first-order valence-electron chi connectivity index (χ1n) is 9.40. The van der Waals surface area contributed by atoms with E-state index in [1.807, 2.05) is 0 Å². The molecule has 0 saturated carbocycles. The van der Waals surface area contributed by atoms with Crippen LogP contribution in [0.25, 0.3) is 0 Å². The Morgan fingerprint density at radius 1 is 0.875 bits per heavy atom. The van der Waals surface area contributed by atoms with E-state index in [9.17, 15) is 4.39 Å². The average molecular weight is 510 g/mol. The summed E-state index contributed by atoms with van der Waals surface area (Å²) < 4.78 is 17.1. The third-order valence-corrected chi connectivity index (χ3v) is 5.69. The van der Waals surface area contributed by atoms with E-state index in [1.54, 1.807) is 59.5 Å². The van der Waals surface area contributed by atoms with Crippen LogP contribution in [0.3, 0.4) is 0 Å². The average Bonchev–Trinajstić information content (AvgIpc) is 3.32. The first-order chi connectivity index (χ1) is 15.4. The zero-order valence-corrected chi connectivity index (χ0v) is 19.5. The van der Waals surface area contributed by atoms with Crippen molar-refractivity contribution in [3.8, 4) is 0 Å². The van der Waals surface area contributed by atoms with Gasteiger partial charge < -0.3 is 10.6 Å². The van der Waals surface area contributed by atoms with Gasteiger partial charge in [-0.2, -0.15) is 10.2 Å². The van der Waals surface area contributed by atoms with Crippen molar-refractivity contribution in [2.75, 3.05) is 10.6 Å². The lowest BCUT2D eigenvalue weighted by Crippen LogP contribution is -2.20. The maximum Gasteiger partial charge on any atom is 0.177 e. The van der Waals surface area contributed by atoms with Gasteiger partial charge in [0.15, 0.2) is 16.7 Å². The highest BCUT2D eigenvalue weighted by atomic mass is 35.5. The van der Waals surface area contributed by atoms with Crippen LogP contribution in [-0.2, 0) is 13.1 Å². The summed E-state index contributed by atoms with van der Waals surface area (Å²) in [7, 11) is 0. The Hall–Kier alpha value is -2.65. The van der Waals surface area contributed by atoms with E-state index in [0.717, 1.165) is 5.56 Å². The highest BCUT2D eigenvalue weighted by molar-refractivity contribution is 7.80. The molecule has 4 aromatic rings. The summed E-state index contributed by atoms with van der Waals surface area (Å²) in [6, 6.07) is 13.6. The molecule has 11 heteroatoms. The number of nitrogens with zero attached hydrogens (tertiary/aromatic N) is 4. The number of thiocarbonyl (C=S) groups is 1. The summed E-state index contributed by atoms with van der Waals surface area (Å²) in [5.41, 5.74) is 1.28. The molecule has 6 nitrogen and oxygen atoms in total. The fourth-order valence-electron chi connectivity index (χ4n) is 2.98. The van der Waals surface area contributed by atoms with E-state index < -0.39 is 0 Å². The molecule has 0 radical (unpaired) electrons. The van der Waals surface area contributed by atoms with Gasteiger partial charge in [-0.1, -0.05) is 59.1 Å². The molecular formula is C21H16Cl3FN6S. The number of anilines is 2. The SMILES string of the molecule is Fc1ccccc1Cn1cc(Cl)c(NC(=S)Nc2ccn(Cc3c(Cl)cccc3Cl)n2)n1. The molecule has 164 valence electrons. The molecular weight excluding hydrogens is 494 g/mol. The lowest BCUT2D eigenvalue weighted by molar-refractivity contribution is 0.586. The third kappa shape index (κ3) is 5.39. The molecule has 0 amide bonds. The van der Waals surface area contributed by atoms with Gasteiger partial charge >= 0.3 is 0 Å². The Bertz CT molecular complexity index is 1250. The molecule has 0 spiro atoms. The van der Waals surface area contributed by atoms with Crippen molar-refractivity contribution in [3.05, 3.63) is 92.9 Å². The van der Waals surface area contributed by atoms with Crippen LogP contribution < -0.4 is 10.6 Å². The predicted octanol–water partition coefficient (Wildman–Crippen LogP) is 6.08. The highest BCUT2D eigenvalue weighted by Crippen LogP contribution is 2.25. The second kappa shape index (κ2) is 9.87. The summed E-state index contributed by atoms with van der Waals surface area (Å²) >= 11 is 24.0. The van der Waals surface area contributed by atoms with E-state index in [1.165, 1.54) is 10.7 Å². The number of hydrogen-bond acceptors (Lipinski definition) is 3. The van der Waals surface area contributed by atoms with Gasteiger partial charge in [0.25, 0.3) is 0 Å². The molecule has 0 bridgehead atoms. The minimum absolute atomic E-state index is 0.239. The molecule has 0 aliphatic rings. The summed E-state index contributed by atoms with van der Waals surface area (Å²) in [6.07, 6.45) is 3.38. The van der Waals surface area contributed by atoms with Crippen molar-refractivity contribution >= 4 is 63.8 Å². The number of benzene rings is 2. The van der Waals surface area contributed by atoms with E-state index >= 15 is 0 Å². The van der Waals surface area contributed by atoms with Crippen LogP contribution in [0.15, 0.2) is 60.9 Å². The smallest absolute Gasteiger partial charge is 0.177 e. The lowest BCUT2D eigenvalue weighted by atomic mass is 10.2. The Morgan fingerprint density at radius 3 is 2.38 bits per heavy atom. The van der Waals surface area contributed by atoms with Crippen LogP contribution in [0.1, 0.15) is 11.1 Å². The van der Waals surface area contributed by atoms with Gasteiger partial charge in [0, 0.05) is 39.6 Å². The van der Waals surface area contributed by atoms with Crippen molar-refractivity contribution < 1.29 is 4.39 Å². The summed E-state index contributed by atoms with van der Waals surface area (Å²) in [5, 5.41) is 16.4. The normalized spacial score (nSPS) is 10.9. The van der Waals surface area contributed by atoms with Gasteiger partial charge in [0.05, 0.1) is 13.1 Å². The molecule has 32 heavy (non-hydrogen) atoms. The zero-order chi connectivity index (χ0) is 22.7. The number of aromatic nitrogens is 4. The quantitative estimate of drug-likeness (QED) is 0.308. The van der Waals surface area contributed by atoms with Gasteiger partial charge in [-0.25, -0.2) is 4.39 Å². The van der Waals surface area contributed by atoms with Gasteiger partial charge in [0.1, 0.15) is 10.8 Å². The number of rotatable bonds is 6. The fraction of sp³-hybridized carbons (Fsp3) is 0.0952. The van der Waals surface area contributed by atoms with Crippen molar-refractivity contribution in [3.63, 3.8) is 0 Å². The molecule has 0 fully saturated rings. The van der Waals surface area contributed by atoms with Gasteiger partial charge in [-0.05, 0) is 30.4 Å². The van der Waals surface area contributed by atoms with Crippen molar-refractivity contribution in [2.24, 2.45) is 0 Å². The molecule has 0 aliphatic heterocycles. The summed E-state index contributed by atoms with van der Waals surface area (Å²) in [5.74, 6) is 0.565. The number of nitrogens with one attached hydrogen (secondary N) is 2. The Morgan fingerprint density at radius 2 is 1.62 bits per heavy atom. The third-order valence-electron chi connectivity index (χ3n) is 4.50. The molecule has 0 atom stereocenters. The molecule has 2 heterocycles. The monoisotopic (exact) mass is 508 g/mol. The molecule has 2 N–H and O–H groups in total. The maximum absolute atomic E-state index is 13.9. The Labute approximate surface area is 203 Å². The van der Waals surface area contributed by atoms with E-state index in [4.69, 9.17) is 47.0 Å². The standard InChI is InChI=1S/C21H16Cl3FN6S/c22-15-5-3-6-16(23)14(15)11-30-9-8-19(28-30)26-21(32)27-20-17(24)12-31(29-20)10-13-4-1-2-7-18(13)25/h1-9,12H,10-11H2,(H2,26,27,28,29,32). The lowest BCUT2D eigenvalue weighted by Gasteiger charge is -2.08. The zero-order valence-electron chi connectivity index (χ0n) is 16.4. The van der Waals surface area contributed by atoms with E-state index in [-0.39, 0.29) is 17.5 Å². The second-order valence-corrected chi connectivity index (χ2v) is 8.42. The van der Waals surface area contributed by atoms with E-state index in [2.05, 4.69) is 20.8 Å². The number of hydrogen-bond donors (Lipinski definition) is 2. The Balaban J connectivity index is 1.38. The van der Waals surface area contributed by atoms with Crippen LogP contribution in [0.5, 0.6) is 0 Å².